The summed E-state index contributed by atoms with van der Waals surface area (Å²) >= 11 is 8.11. The number of halogens is 1. The van der Waals surface area contributed by atoms with Gasteiger partial charge in [0.05, 0.1) is 5.01 Å². The molecule has 0 spiro atoms. The van der Waals surface area contributed by atoms with Crippen LogP contribution in [0.4, 0.5) is 0 Å². The van der Waals surface area contributed by atoms with Crippen LogP contribution in [0.25, 0.3) is 0 Å². The van der Waals surface area contributed by atoms with Crippen LogP contribution < -0.4 is 10.6 Å². The second kappa shape index (κ2) is 11.5. The molecule has 0 amide bonds. The molecule has 2 aromatic rings. The Morgan fingerprint density at radius 3 is 2.76 bits per heavy atom. The zero-order valence-electron chi connectivity index (χ0n) is 17.5. The summed E-state index contributed by atoms with van der Waals surface area (Å²) in [7, 11) is 1.83. The van der Waals surface area contributed by atoms with Gasteiger partial charge in [-0.15, -0.1) is 11.3 Å². The Labute approximate surface area is 183 Å². The van der Waals surface area contributed by atoms with Gasteiger partial charge in [-0.05, 0) is 49.9 Å². The first kappa shape index (κ1) is 22.1. The highest BCUT2D eigenvalue weighted by Gasteiger charge is 2.20. The van der Waals surface area contributed by atoms with Gasteiger partial charge < -0.3 is 10.6 Å². The highest BCUT2D eigenvalue weighted by Crippen LogP contribution is 2.22. The van der Waals surface area contributed by atoms with E-state index in [-0.39, 0.29) is 0 Å². The van der Waals surface area contributed by atoms with Crippen molar-refractivity contribution in [2.75, 3.05) is 33.2 Å². The van der Waals surface area contributed by atoms with Crippen molar-refractivity contribution in [1.82, 2.24) is 20.5 Å². The summed E-state index contributed by atoms with van der Waals surface area (Å²) in [5, 5.41) is 8.97. The van der Waals surface area contributed by atoms with E-state index < -0.39 is 0 Å². The van der Waals surface area contributed by atoms with Crippen LogP contribution in [0.2, 0.25) is 5.02 Å². The Balaban J connectivity index is 1.33. The van der Waals surface area contributed by atoms with E-state index in [0.29, 0.717) is 5.92 Å². The molecule has 1 aliphatic heterocycles. The van der Waals surface area contributed by atoms with Crippen molar-refractivity contribution in [3.05, 3.63) is 50.9 Å². The molecule has 0 saturated carbocycles. The van der Waals surface area contributed by atoms with Crippen molar-refractivity contribution in [2.24, 2.45) is 10.9 Å². The van der Waals surface area contributed by atoms with E-state index in [1.807, 2.05) is 25.4 Å². The van der Waals surface area contributed by atoms with Crippen molar-refractivity contribution >= 4 is 28.9 Å². The highest BCUT2D eigenvalue weighted by atomic mass is 35.5. The van der Waals surface area contributed by atoms with Gasteiger partial charge in [-0.3, -0.25) is 9.89 Å². The highest BCUT2D eigenvalue weighted by molar-refractivity contribution is 7.11. The lowest BCUT2D eigenvalue weighted by Gasteiger charge is -2.32. The maximum absolute atomic E-state index is 6.30. The molecule has 1 aromatic carbocycles. The molecule has 29 heavy (non-hydrogen) atoms. The number of hydrogen-bond donors (Lipinski definition) is 2. The van der Waals surface area contributed by atoms with E-state index in [1.165, 1.54) is 28.3 Å². The molecule has 1 saturated heterocycles. The molecular formula is C22H32ClN5S. The third kappa shape index (κ3) is 6.98. The number of aryl methyl sites for hydroxylation is 1. The Morgan fingerprint density at radius 1 is 1.28 bits per heavy atom. The second-order valence-corrected chi connectivity index (χ2v) is 9.12. The van der Waals surface area contributed by atoms with Crippen LogP contribution in [0.15, 0.2) is 35.5 Å². The first-order valence-corrected chi connectivity index (χ1v) is 11.7. The molecule has 0 aliphatic carbocycles. The number of nitrogens with one attached hydrogen (secondary N) is 2. The average molecular weight is 434 g/mol. The maximum Gasteiger partial charge on any atom is 0.190 e. The molecule has 2 heterocycles. The summed E-state index contributed by atoms with van der Waals surface area (Å²) in [6.45, 7) is 7.17. The number of guanidine groups is 1. The molecule has 0 unspecified atom stereocenters. The van der Waals surface area contributed by atoms with E-state index >= 15 is 0 Å². The minimum Gasteiger partial charge on any atom is -0.356 e. The summed E-state index contributed by atoms with van der Waals surface area (Å²) in [6, 6.07) is 8.15. The summed E-state index contributed by atoms with van der Waals surface area (Å²) in [6.07, 6.45) is 6.39. The molecule has 0 atom stereocenters. The van der Waals surface area contributed by atoms with Crippen LogP contribution in [0.1, 0.15) is 35.2 Å². The molecular weight excluding hydrogens is 402 g/mol. The third-order valence-corrected chi connectivity index (χ3v) is 6.99. The van der Waals surface area contributed by atoms with Gasteiger partial charge in [-0.25, -0.2) is 4.98 Å². The normalized spacial score (nSPS) is 16.2. The van der Waals surface area contributed by atoms with Crippen LogP contribution in [0.5, 0.6) is 0 Å². The summed E-state index contributed by atoms with van der Waals surface area (Å²) in [5.41, 5.74) is 1.22. The Hall–Kier alpha value is -1.63. The quantitative estimate of drug-likeness (QED) is 0.488. The molecule has 1 aromatic heterocycles. The topological polar surface area (TPSA) is 52.6 Å². The second-order valence-electron chi connectivity index (χ2n) is 7.51. The number of benzene rings is 1. The lowest BCUT2D eigenvalue weighted by molar-refractivity contribution is 0.178. The Morgan fingerprint density at radius 2 is 2.07 bits per heavy atom. The average Bonchev–Trinajstić information content (AvgIpc) is 3.21. The lowest BCUT2D eigenvalue weighted by Crippen LogP contribution is -2.43. The molecule has 0 radical (unpaired) electrons. The minimum absolute atomic E-state index is 0.683. The molecule has 1 fully saturated rings. The van der Waals surface area contributed by atoms with E-state index in [1.54, 1.807) is 11.3 Å². The van der Waals surface area contributed by atoms with Gasteiger partial charge in [-0.2, -0.15) is 0 Å². The Bertz CT molecular complexity index is 783. The van der Waals surface area contributed by atoms with Crippen molar-refractivity contribution in [2.45, 2.75) is 39.2 Å². The fraction of sp³-hybridized carbons (Fsp3) is 0.545. The summed E-state index contributed by atoms with van der Waals surface area (Å²) in [4.78, 5) is 12.7. The number of aromatic nitrogens is 1. The fourth-order valence-corrected chi connectivity index (χ4v) is 4.65. The van der Waals surface area contributed by atoms with Crippen LogP contribution in [0.3, 0.4) is 0 Å². The van der Waals surface area contributed by atoms with Crippen molar-refractivity contribution < 1.29 is 0 Å². The molecule has 0 bridgehead atoms. The molecule has 2 N–H and O–H groups in total. The zero-order chi connectivity index (χ0) is 20.5. The van der Waals surface area contributed by atoms with Gasteiger partial charge >= 0.3 is 0 Å². The lowest BCUT2D eigenvalue weighted by atomic mass is 9.96. The SMILES string of the molecule is CCc1cnc(CCNC(=NC)NCC2CCN(Cc3ccccc3Cl)CC2)s1. The van der Waals surface area contributed by atoms with Gasteiger partial charge in [0.1, 0.15) is 0 Å². The predicted molar refractivity (Wildman–Crippen MR) is 124 cm³/mol. The van der Waals surface area contributed by atoms with E-state index in [4.69, 9.17) is 11.6 Å². The van der Waals surface area contributed by atoms with Crippen molar-refractivity contribution in [3.8, 4) is 0 Å². The zero-order valence-corrected chi connectivity index (χ0v) is 19.0. The molecule has 1 aliphatic rings. The number of hydrogen-bond acceptors (Lipinski definition) is 4. The van der Waals surface area contributed by atoms with Crippen molar-refractivity contribution in [1.29, 1.82) is 0 Å². The van der Waals surface area contributed by atoms with Gasteiger partial charge in [-0.1, -0.05) is 36.7 Å². The Kier molecular flexibility index (Phi) is 8.77. The van der Waals surface area contributed by atoms with Gasteiger partial charge in [0.15, 0.2) is 5.96 Å². The molecule has 3 rings (SSSR count). The third-order valence-electron chi connectivity index (χ3n) is 5.42. The van der Waals surface area contributed by atoms with Gasteiger partial charge in [0, 0.05) is 49.2 Å². The van der Waals surface area contributed by atoms with Crippen LogP contribution in [-0.4, -0.2) is 49.1 Å². The van der Waals surface area contributed by atoms with E-state index in [0.717, 1.165) is 56.5 Å². The van der Waals surface area contributed by atoms with Crippen LogP contribution >= 0.6 is 22.9 Å². The molecule has 158 valence electrons. The van der Waals surface area contributed by atoms with Gasteiger partial charge in [0.25, 0.3) is 0 Å². The number of thiazole rings is 1. The number of piperidine rings is 1. The first-order valence-electron chi connectivity index (χ1n) is 10.5. The number of likely N-dealkylation sites (tertiary alicyclic amines) is 1. The molecule has 7 heteroatoms. The standard InChI is InChI=1S/C22H32ClN5S/c1-3-19-15-26-21(29-19)8-11-25-22(24-2)27-14-17-9-12-28(13-10-17)16-18-6-4-5-7-20(18)23/h4-7,15,17H,3,8-14,16H2,1-2H3,(H2,24,25,27). The maximum atomic E-state index is 6.30. The van der Waals surface area contributed by atoms with Crippen LogP contribution in [-0.2, 0) is 19.4 Å². The van der Waals surface area contributed by atoms with Crippen LogP contribution in [0, 0.1) is 5.92 Å². The first-order chi connectivity index (χ1) is 14.2. The minimum atomic E-state index is 0.683. The largest absolute Gasteiger partial charge is 0.356 e. The molecule has 5 nitrogen and oxygen atoms in total. The fourth-order valence-electron chi connectivity index (χ4n) is 3.59. The van der Waals surface area contributed by atoms with E-state index in [9.17, 15) is 0 Å². The van der Waals surface area contributed by atoms with Gasteiger partial charge in [0.2, 0.25) is 0 Å². The number of aliphatic imine (C=N–C) groups is 1. The number of rotatable bonds is 8. The summed E-state index contributed by atoms with van der Waals surface area (Å²) in [5.74, 6) is 1.57. The summed E-state index contributed by atoms with van der Waals surface area (Å²) < 4.78 is 0. The number of nitrogens with zero attached hydrogens (tertiary/aromatic N) is 3. The monoisotopic (exact) mass is 433 g/mol. The van der Waals surface area contributed by atoms with Crippen molar-refractivity contribution in [3.63, 3.8) is 0 Å². The smallest absolute Gasteiger partial charge is 0.190 e. The van der Waals surface area contributed by atoms with E-state index in [2.05, 4.69) is 44.6 Å². The predicted octanol–water partition coefficient (Wildman–Crippen LogP) is 3.98.